The van der Waals surface area contributed by atoms with E-state index in [-0.39, 0.29) is 0 Å². The average Bonchev–Trinajstić information content (AvgIpc) is 3.15. The molecule has 124 valence electrons. The van der Waals surface area contributed by atoms with Crippen LogP contribution >= 0.6 is 47.8 Å². The molecular formula is C16H19Br3N4. The first kappa shape index (κ1) is 16.4. The number of likely N-dealkylation sites (N-methyl/N-ethyl adjacent to an activating group) is 1. The van der Waals surface area contributed by atoms with Crippen molar-refractivity contribution in [2.45, 2.75) is 31.8 Å². The van der Waals surface area contributed by atoms with Crippen molar-refractivity contribution in [2.75, 3.05) is 32.1 Å². The van der Waals surface area contributed by atoms with Crippen LogP contribution in [0, 0.1) is 0 Å². The molecule has 0 N–H and O–H groups in total. The maximum Gasteiger partial charge on any atom is 0.206 e. The summed E-state index contributed by atoms with van der Waals surface area (Å²) in [7, 11) is 4.34. The van der Waals surface area contributed by atoms with Crippen molar-refractivity contribution in [3.63, 3.8) is 0 Å². The van der Waals surface area contributed by atoms with Crippen molar-refractivity contribution in [1.29, 1.82) is 0 Å². The molecule has 4 rings (SSSR count). The molecule has 4 nitrogen and oxygen atoms in total. The van der Waals surface area contributed by atoms with E-state index in [1.807, 2.05) is 0 Å². The van der Waals surface area contributed by atoms with Crippen LogP contribution in [0.4, 0.5) is 5.95 Å². The Morgan fingerprint density at radius 3 is 2.57 bits per heavy atom. The summed E-state index contributed by atoms with van der Waals surface area (Å²) in [6, 6.07) is 0.618. The Morgan fingerprint density at radius 2 is 1.87 bits per heavy atom. The van der Waals surface area contributed by atoms with Crippen LogP contribution in [0.15, 0.2) is 13.4 Å². The van der Waals surface area contributed by atoms with Crippen molar-refractivity contribution in [3.05, 3.63) is 19.0 Å². The minimum Gasteiger partial charge on any atom is -0.341 e. The van der Waals surface area contributed by atoms with E-state index in [1.54, 1.807) is 0 Å². The molecule has 1 fully saturated rings. The molecule has 2 aromatic rings. The van der Waals surface area contributed by atoms with Gasteiger partial charge in [0.05, 0.1) is 9.99 Å². The number of aryl methyl sites for hydroxylation is 2. The number of halogens is 3. The fraction of sp³-hybridized carbons (Fsp3) is 0.562. The van der Waals surface area contributed by atoms with Gasteiger partial charge in [-0.05, 0) is 86.7 Å². The number of aromatic nitrogens is 2. The molecule has 0 aliphatic carbocycles. The quantitative estimate of drug-likeness (QED) is 0.564. The number of hydrogen-bond donors (Lipinski definition) is 0. The van der Waals surface area contributed by atoms with E-state index in [2.05, 4.69) is 76.3 Å². The fourth-order valence-corrected chi connectivity index (χ4v) is 5.53. The second kappa shape index (κ2) is 6.00. The third-order valence-corrected chi connectivity index (χ3v) is 8.58. The van der Waals surface area contributed by atoms with Gasteiger partial charge in [0.25, 0.3) is 0 Å². The molecule has 1 unspecified atom stereocenters. The lowest BCUT2D eigenvalue weighted by molar-refractivity contribution is 0.315. The van der Waals surface area contributed by atoms with Crippen molar-refractivity contribution < 1.29 is 0 Å². The lowest BCUT2D eigenvalue weighted by Gasteiger charge is -2.24. The molecule has 1 atom stereocenters. The summed E-state index contributed by atoms with van der Waals surface area (Å²) in [5.41, 5.74) is 3.75. The van der Waals surface area contributed by atoms with Crippen LogP contribution < -0.4 is 4.90 Å². The molecule has 0 radical (unpaired) electrons. The molecule has 3 heterocycles. The first-order valence-corrected chi connectivity index (χ1v) is 10.3. The van der Waals surface area contributed by atoms with E-state index < -0.39 is 0 Å². The van der Waals surface area contributed by atoms with E-state index in [9.17, 15) is 0 Å². The van der Waals surface area contributed by atoms with Gasteiger partial charge in [0.15, 0.2) is 0 Å². The zero-order valence-electron chi connectivity index (χ0n) is 13.2. The fourth-order valence-electron chi connectivity index (χ4n) is 3.78. The van der Waals surface area contributed by atoms with Crippen LogP contribution in [0.25, 0.3) is 11.0 Å². The number of rotatable bonds is 2. The lowest BCUT2D eigenvalue weighted by Crippen LogP contribution is -2.32. The molecular weight excluding hydrogens is 488 g/mol. The standard InChI is InChI=1S/C16H19Br3N4/c1-21(2)9-5-7-22(8-9)16-20-14-13(19)12(18)11(17)10-4-3-6-23(16)15(10)14/h9H,3-8H2,1-2H3. The van der Waals surface area contributed by atoms with E-state index in [0.29, 0.717) is 6.04 Å². The highest BCUT2D eigenvalue weighted by Crippen LogP contribution is 2.44. The predicted molar refractivity (Wildman–Crippen MR) is 105 cm³/mol. The van der Waals surface area contributed by atoms with Crippen LogP contribution in [-0.4, -0.2) is 47.7 Å². The first-order chi connectivity index (χ1) is 11.0. The Hall–Kier alpha value is -0.110. The van der Waals surface area contributed by atoms with Gasteiger partial charge in [-0.2, -0.15) is 0 Å². The third-order valence-electron chi connectivity index (χ3n) is 5.08. The zero-order chi connectivity index (χ0) is 16.3. The summed E-state index contributed by atoms with van der Waals surface area (Å²) >= 11 is 11.2. The SMILES string of the molecule is CN(C)C1CCN(c2nc3c(Br)c(Br)c(Br)c4c3n2CCC4)C1. The predicted octanol–water partition coefficient (Wildman–Crippen LogP) is 4.41. The van der Waals surface area contributed by atoms with E-state index in [4.69, 9.17) is 4.98 Å². The summed E-state index contributed by atoms with van der Waals surface area (Å²) in [5, 5.41) is 0. The molecule has 2 aliphatic rings. The van der Waals surface area contributed by atoms with Crippen molar-refractivity contribution in [1.82, 2.24) is 14.5 Å². The molecule has 0 bridgehead atoms. The Balaban J connectivity index is 1.87. The van der Waals surface area contributed by atoms with Crippen LogP contribution in [0.3, 0.4) is 0 Å². The average molecular weight is 507 g/mol. The smallest absolute Gasteiger partial charge is 0.206 e. The van der Waals surface area contributed by atoms with Gasteiger partial charge in [0.1, 0.15) is 5.52 Å². The monoisotopic (exact) mass is 504 g/mol. The number of imidazole rings is 1. The van der Waals surface area contributed by atoms with Gasteiger partial charge < -0.3 is 14.4 Å². The van der Waals surface area contributed by atoms with Gasteiger partial charge in [-0.25, -0.2) is 4.98 Å². The van der Waals surface area contributed by atoms with Gasteiger partial charge in [0.2, 0.25) is 5.95 Å². The lowest BCUT2D eigenvalue weighted by atomic mass is 10.0. The van der Waals surface area contributed by atoms with Crippen LogP contribution in [0.5, 0.6) is 0 Å². The largest absolute Gasteiger partial charge is 0.341 e. The second-order valence-corrected chi connectivity index (χ2v) is 9.02. The van der Waals surface area contributed by atoms with Crippen molar-refractivity contribution in [3.8, 4) is 0 Å². The normalized spacial score (nSPS) is 21.0. The highest BCUT2D eigenvalue weighted by molar-refractivity contribution is 9.14. The minimum absolute atomic E-state index is 0.618. The first-order valence-electron chi connectivity index (χ1n) is 7.96. The minimum atomic E-state index is 0.618. The van der Waals surface area contributed by atoms with Gasteiger partial charge in [-0.1, -0.05) is 0 Å². The number of anilines is 1. The molecule has 7 heteroatoms. The molecule has 1 aromatic carbocycles. The van der Waals surface area contributed by atoms with Gasteiger partial charge in [-0.3, -0.25) is 0 Å². The Bertz CT molecular complexity index is 784. The summed E-state index contributed by atoms with van der Waals surface area (Å²) in [4.78, 5) is 9.81. The topological polar surface area (TPSA) is 24.3 Å². The number of hydrogen-bond acceptors (Lipinski definition) is 3. The van der Waals surface area contributed by atoms with Crippen molar-refractivity contribution >= 4 is 64.8 Å². The summed E-state index contributed by atoms with van der Waals surface area (Å²) in [6.45, 7) is 3.20. The van der Waals surface area contributed by atoms with E-state index in [0.717, 1.165) is 50.9 Å². The maximum atomic E-state index is 5.03. The summed E-state index contributed by atoms with van der Waals surface area (Å²) in [5.74, 6) is 1.14. The third kappa shape index (κ3) is 2.50. The van der Waals surface area contributed by atoms with Gasteiger partial charge in [0, 0.05) is 34.6 Å². The molecule has 0 saturated carbocycles. The molecule has 2 aliphatic heterocycles. The summed E-state index contributed by atoms with van der Waals surface area (Å²) in [6.07, 6.45) is 3.48. The summed E-state index contributed by atoms with van der Waals surface area (Å²) < 4.78 is 5.71. The highest BCUT2D eigenvalue weighted by Gasteiger charge is 2.31. The van der Waals surface area contributed by atoms with E-state index in [1.165, 1.54) is 23.9 Å². The van der Waals surface area contributed by atoms with Crippen molar-refractivity contribution in [2.24, 2.45) is 0 Å². The number of benzene rings is 1. The van der Waals surface area contributed by atoms with Crippen LogP contribution in [-0.2, 0) is 13.0 Å². The Labute approximate surface area is 161 Å². The second-order valence-electron chi connectivity index (χ2n) is 6.64. The molecule has 23 heavy (non-hydrogen) atoms. The van der Waals surface area contributed by atoms with Gasteiger partial charge >= 0.3 is 0 Å². The van der Waals surface area contributed by atoms with Crippen LogP contribution in [0.2, 0.25) is 0 Å². The van der Waals surface area contributed by atoms with E-state index >= 15 is 0 Å². The molecule has 0 amide bonds. The van der Waals surface area contributed by atoms with Gasteiger partial charge in [-0.15, -0.1) is 0 Å². The number of nitrogens with zero attached hydrogens (tertiary/aromatic N) is 4. The Kier molecular flexibility index (Phi) is 4.27. The maximum absolute atomic E-state index is 5.03. The highest BCUT2D eigenvalue weighted by atomic mass is 79.9. The molecule has 1 saturated heterocycles. The van der Waals surface area contributed by atoms with Crippen LogP contribution in [0.1, 0.15) is 18.4 Å². The molecule has 0 spiro atoms. The molecule has 1 aromatic heterocycles. The Morgan fingerprint density at radius 1 is 1.09 bits per heavy atom. The zero-order valence-corrected chi connectivity index (χ0v) is 18.0.